The van der Waals surface area contributed by atoms with E-state index in [1.165, 1.54) is 23.1 Å². The van der Waals surface area contributed by atoms with Crippen LogP contribution in [-0.2, 0) is 19.2 Å². The summed E-state index contributed by atoms with van der Waals surface area (Å²) in [6.45, 7) is 0. The second kappa shape index (κ2) is 6.81. The summed E-state index contributed by atoms with van der Waals surface area (Å²) in [6, 6.07) is 11.9. The topological polar surface area (TPSA) is 73.8 Å². The first kappa shape index (κ1) is 16.0. The van der Waals surface area contributed by atoms with Crippen LogP contribution in [0.1, 0.15) is 17.3 Å². The number of benzene rings is 1. The zero-order chi connectivity index (χ0) is 17.2. The van der Waals surface area contributed by atoms with Gasteiger partial charge in [0.25, 0.3) is 5.56 Å². The Hall–Kier alpha value is -2.45. The Kier molecular flexibility index (Phi) is 4.37. The Morgan fingerprint density at radius 3 is 2.88 bits per heavy atom. The van der Waals surface area contributed by atoms with Gasteiger partial charge >= 0.3 is 0 Å². The number of fused-ring (bicyclic) bond motifs is 1. The monoisotopic (exact) mass is 370 g/mol. The van der Waals surface area contributed by atoms with E-state index in [0.29, 0.717) is 33.7 Å². The quantitative estimate of drug-likeness (QED) is 0.397. The van der Waals surface area contributed by atoms with Crippen molar-refractivity contribution >= 4 is 33.3 Å². The van der Waals surface area contributed by atoms with Gasteiger partial charge in [-0.25, -0.2) is 4.98 Å². The van der Waals surface area contributed by atoms with E-state index in [1.807, 2.05) is 41.8 Å². The van der Waals surface area contributed by atoms with Crippen molar-refractivity contribution in [2.45, 2.75) is 17.3 Å². The van der Waals surface area contributed by atoms with Crippen molar-refractivity contribution in [3.8, 4) is 0 Å². The minimum absolute atomic E-state index is 0.0298. The number of hydrogen-bond acceptors (Lipinski definition) is 7. The summed E-state index contributed by atoms with van der Waals surface area (Å²) in [7, 11) is 1.73. The molecule has 3 heterocycles. The fourth-order valence-electron chi connectivity index (χ4n) is 2.42. The van der Waals surface area contributed by atoms with Crippen molar-refractivity contribution in [2.24, 2.45) is 7.05 Å². The predicted octanol–water partition coefficient (Wildman–Crippen LogP) is 3.26. The normalized spacial score (nSPS) is 11.2. The average molecular weight is 370 g/mol. The van der Waals surface area contributed by atoms with Gasteiger partial charge in [-0.2, -0.15) is 4.98 Å². The molecule has 0 aliphatic carbocycles. The van der Waals surface area contributed by atoms with E-state index in [9.17, 15) is 4.79 Å². The van der Waals surface area contributed by atoms with E-state index >= 15 is 0 Å². The molecule has 0 spiro atoms. The first-order valence-electron chi connectivity index (χ1n) is 7.63. The Morgan fingerprint density at radius 2 is 2.04 bits per heavy atom. The van der Waals surface area contributed by atoms with Crippen molar-refractivity contribution in [2.75, 3.05) is 0 Å². The fourth-order valence-corrected chi connectivity index (χ4v) is 4.04. The van der Waals surface area contributed by atoms with Crippen molar-refractivity contribution in [3.63, 3.8) is 0 Å². The average Bonchev–Trinajstić information content (AvgIpc) is 3.27. The summed E-state index contributed by atoms with van der Waals surface area (Å²) in [4.78, 5) is 21.2. The highest BCUT2D eigenvalue weighted by atomic mass is 32.2. The van der Waals surface area contributed by atoms with Crippen LogP contribution in [0.25, 0.3) is 10.2 Å². The Balaban J connectivity index is 1.49. The molecule has 0 saturated heterocycles. The molecule has 0 aliphatic rings. The summed E-state index contributed by atoms with van der Waals surface area (Å²) in [6.07, 6.45) is 0.632. The minimum atomic E-state index is -0.0298. The molecule has 0 unspecified atom stereocenters. The summed E-state index contributed by atoms with van der Waals surface area (Å²) in [5.41, 5.74) is 1.83. The van der Waals surface area contributed by atoms with E-state index in [2.05, 4.69) is 15.1 Å². The van der Waals surface area contributed by atoms with E-state index in [-0.39, 0.29) is 5.56 Å². The van der Waals surface area contributed by atoms with Crippen LogP contribution in [0, 0.1) is 0 Å². The van der Waals surface area contributed by atoms with Crippen LogP contribution in [-0.4, -0.2) is 19.7 Å². The van der Waals surface area contributed by atoms with Gasteiger partial charge in [0.15, 0.2) is 11.0 Å². The lowest BCUT2D eigenvalue weighted by molar-refractivity contribution is 0.385. The van der Waals surface area contributed by atoms with Gasteiger partial charge in [-0.05, 0) is 17.0 Å². The standard InChI is InChI=1S/C17H14N4O2S2/c1-21-16(22)15-12(7-8-24-15)18-17(21)25-10-14-19-13(20-23-14)9-11-5-3-2-4-6-11/h2-8H,9-10H2,1H3. The Morgan fingerprint density at radius 1 is 1.20 bits per heavy atom. The lowest BCUT2D eigenvalue weighted by atomic mass is 10.1. The second-order valence-corrected chi connectivity index (χ2v) is 7.31. The van der Waals surface area contributed by atoms with Gasteiger partial charge in [-0.3, -0.25) is 9.36 Å². The smallest absolute Gasteiger partial charge is 0.271 e. The van der Waals surface area contributed by atoms with Gasteiger partial charge in [0.1, 0.15) is 4.70 Å². The lowest BCUT2D eigenvalue weighted by Crippen LogP contribution is -2.18. The molecule has 0 fully saturated rings. The number of rotatable bonds is 5. The molecule has 3 aromatic heterocycles. The minimum Gasteiger partial charge on any atom is -0.338 e. The van der Waals surface area contributed by atoms with E-state index in [1.54, 1.807) is 11.6 Å². The highest BCUT2D eigenvalue weighted by Crippen LogP contribution is 2.22. The Bertz CT molecular complexity index is 1070. The highest BCUT2D eigenvalue weighted by Gasteiger charge is 2.12. The maximum atomic E-state index is 12.3. The van der Waals surface area contributed by atoms with Crippen LogP contribution < -0.4 is 5.56 Å². The van der Waals surface area contributed by atoms with Crippen LogP contribution in [0.3, 0.4) is 0 Å². The van der Waals surface area contributed by atoms with Crippen molar-refractivity contribution in [1.82, 2.24) is 19.7 Å². The number of hydrogen-bond donors (Lipinski definition) is 0. The van der Waals surface area contributed by atoms with Gasteiger partial charge in [0, 0.05) is 13.5 Å². The molecule has 6 nitrogen and oxygen atoms in total. The number of thiophene rings is 1. The van der Waals surface area contributed by atoms with E-state index < -0.39 is 0 Å². The first-order valence-corrected chi connectivity index (χ1v) is 9.49. The van der Waals surface area contributed by atoms with Crippen LogP contribution in [0.2, 0.25) is 0 Å². The summed E-state index contributed by atoms with van der Waals surface area (Å²) in [5.74, 6) is 1.64. The molecule has 0 amide bonds. The molecule has 4 rings (SSSR count). The summed E-state index contributed by atoms with van der Waals surface area (Å²) in [5, 5.41) is 6.53. The molecule has 0 bridgehead atoms. The third kappa shape index (κ3) is 3.35. The third-order valence-electron chi connectivity index (χ3n) is 3.69. The van der Waals surface area contributed by atoms with Crippen LogP contribution in [0.15, 0.2) is 56.3 Å². The molecule has 0 aliphatic heterocycles. The van der Waals surface area contributed by atoms with Crippen LogP contribution in [0.4, 0.5) is 0 Å². The molecular formula is C17H14N4O2S2. The molecule has 0 radical (unpaired) electrons. The molecule has 25 heavy (non-hydrogen) atoms. The molecule has 1 aromatic carbocycles. The van der Waals surface area contributed by atoms with Gasteiger partial charge < -0.3 is 4.52 Å². The van der Waals surface area contributed by atoms with Gasteiger partial charge in [-0.1, -0.05) is 47.3 Å². The lowest BCUT2D eigenvalue weighted by Gasteiger charge is -2.05. The highest BCUT2D eigenvalue weighted by molar-refractivity contribution is 7.98. The van der Waals surface area contributed by atoms with Crippen molar-refractivity contribution in [1.29, 1.82) is 0 Å². The molecule has 0 saturated carbocycles. The maximum Gasteiger partial charge on any atom is 0.271 e. The number of thioether (sulfide) groups is 1. The van der Waals surface area contributed by atoms with Crippen molar-refractivity contribution < 1.29 is 4.52 Å². The molecule has 0 atom stereocenters. The molecule has 4 aromatic rings. The van der Waals surface area contributed by atoms with Gasteiger partial charge in [0.2, 0.25) is 5.89 Å². The van der Waals surface area contributed by atoms with Crippen molar-refractivity contribution in [3.05, 3.63) is 69.4 Å². The van der Waals surface area contributed by atoms with E-state index in [0.717, 1.165) is 11.1 Å². The summed E-state index contributed by atoms with van der Waals surface area (Å²) < 4.78 is 7.54. The fraction of sp³-hybridized carbons (Fsp3) is 0.176. The van der Waals surface area contributed by atoms with Crippen LogP contribution >= 0.6 is 23.1 Å². The molecule has 0 N–H and O–H groups in total. The van der Waals surface area contributed by atoms with Gasteiger partial charge in [0.05, 0.1) is 11.3 Å². The van der Waals surface area contributed by atoms with E-state index in [4.69, 9.17) is 4.52 Å². The first-order chi connectivity index (χ1) is 12.2. The molecular weight excluding hydrogens is 356 g/mol. The zero-order valence-electron chi connectivity index (χ0n) is 13.4. The Labute approximate surface area is 151 Å². The SMILES string of the molecule is Cn1c(SCc2nc(Cc3ccccc3)no2)nc2ccsc2c1=O. The van der Waals surface area contributed by atoms with Crippen LogP contribution in [0.5, 0.6) is 0 Å². The summed E-state index contributed by atoms with van der Waals surface area (Å²) >= 11 is 2.82. The maximum absolute atomic E-state index is 12.3. The third-order valence-corrected chi connectivity index (χ3v) is 5.59. The molecule has 126 valence electrons. The largest absolute Gasteiger partial charge is 0.338 e. The number of aromatic nitrogens is 4. The second-order valence-electron chi connectivity index (χ2n) is 5.45. The zero-order valence-corrected chi connectivity index (χ0v) is 15.0. The van der Waals surface area contributed by atoms with Gasteiger partial charge in [-0.15, -0.1) is 11.3 Å². The number of nitrogens with zero attached hydrogens (tertiary/aromatic N) is 4. The molecule has 8 heteroatoms. The predicted molar refractivity (Wildman–Crippen MR) is 98.0 cm³/mol.